The molecule has 2 atom stereocenters. The van der Waals surface area contributed by atoms with E-state index >= 15 is 0 Å². The van der Waals surface area contributed by atoms with Gasteiger partial charge in [-0.25, -0.2) is 0 Å². The molecule has 1 aliphatic rings. The number of rotatable bonds is 8. The SMILES string of the molecule is CCNC(CSCC(C)C)CC1CCCc2ccccc21. The Labute approximate surface area is 135 Å². The van der Waals surface area contributed by atoms with E-state index in [0.29, 0.717) is 6.04 Å². The van der Waals surface area contributed by atoms with Crippen LogP contribution in [-0.4, -0.2) is 24.1 Å². The number of aryl methyl sites for hydroxylation is 1. The lowest BCUT2D eigenvalue weighted by molar-refractivity contribution is 0.440. The Kier molecular flexibility index (Phi) is 7.12. The molecule has 0 saturated carbocycles. The van der Waals surface area contributed by atoms with Crippen LogP contribution in [0, 0.1) is 5.92 Å². The molecule has 0 heterocycles. The van der Waals surface area contributed by atoms with Gasteiger partial charge >= 0.3 is 0 Å². The molecule has 1 nitrogen and oxygen atoms in total. The van der Waals surface area contributed by atoms with Crippen molar-refractivity contribution in [1.82, 2.24) is 5.32 Å². The molecule has 1 N–H and O–H groups in total. The van der Waals surface area contributed by atoms with Gasteiger partial charge in [0.15, 0.2) is 0 Å². The highest BCUT2D eigenvalue weighted by molar-refractivity contribution is 7.99. The Bertz CT molecular complexity index is 416. The van der Waals surface area contributed by atoms with Crippen LogP contribution in [0.5, 0.6) is 0 Å². The summed E-state index contributed by atoms with van der Waals surface area (Å²) in [5.74, 6) is 4.10. The van der Waals surface area contributed by atoms with Gasteiger partial charge in [0.1, 0.15) is 0 Å². The zero-order chi connectivity index (χ0) is 15.1. The molecule has 21 heavy (non-hydrogen) atoms. The van der Waals surface area contributed by atoms with Crippen LogP contribution in [0.15, 0.2) is 24.3 Å². The van der Waals surface area contributed by atoms with Gasteiger partial charge in [0.2, 0.25) is 0 Å². The largest absolute Gasteiger partial charge is 0.313 e. The van der Waals surface area contributed by atoms with Gasteiger partial charge in [-0.1, -0.05) is 45.0 Å². The van der Waals surface area contributed by atoms with Gasteiger partial charge in [0.25, 0.3) is 0 Å². The van der Waals surface area contributed by atoms with Crippen molar-refractivity contribution in [2.45, 2.75) is 58.4 Å². The molecule has 0 aliphatic heterocycles. The number of benzene rings is 1. The Balaban J connectivity index is 1.94. The molecule has 118 valence electrons. The number of thioether (sulfide) groups is 1. The third-order valence-corrected chi connectivity index (χ3v) is 5.87. The molecule has 1 aromatic carbocycles. The molecule has 0 aromatic heterocycles. The van der Waals surface area contributed by atoms with Crippen molar-refractivity contribution in [1.29, 1.82) is 0 Å². The van der Waals surface area contributed by atoms with E-state index in [0.717, 1.165) is 18.4 Å². The minimum atomic E-state index is 0.662. The lowest BCUT2D eigenvalue weighted by Crippen LogP contribution is -2.33. The first-order valence-electron chi connectivity index (χ1n) is 8.59. The van der Waals surface area contributed by atoms with Gasteiger partial charge in [-0.2, -0.15) is 11.8 Å². The second-order valence-corrected chi connectivity index (χ2v) is 7.78. The topological polar surface area (TPSA) is 12.0 Å². The normalized spacial score (nSPS) is 19.5. The molecule has 1 aromatic rings. The molecule has 0 radical (unpaired) electrons. The number of hydrogen-bond acceptors (Lipinski definition) is 2. The summed E-state index contributed by atoms with van der Waals surface area (Å²) in [5.41, 5.74) is 3.22. The highest BCUT2D eigenvalue weighted by Gasteiger charge is 2.22. The summed E-state index contributed by atoms with van der Waals surface area (Å²) >= 11 is 2.12. The van der Waals surface area contributed by atoms with Crippen LogP contribution >= 0.6 is 11.8 Å². The maximum atomic E-state index is 3.71. The summed E-state index contributed by atoms with van der Waals surface area (Å²) < 4.78 is 0. The zero-order valence-electron chi connectivity index (χ0n) is 13.9. The first-order chi connectivity index (χ1) is 10.2. The van der Waals surface area contributed by atoms with E-state index in [9.17, 15) is 0 Å². The van der Waals surface area contributed by atoms with E-state index in [2.05, 4.69) is 62.1 Å². The van der Waals surface area contributed by atoms with Crippen molar-refractivity contribution >= 4 is 11.8 Å². The summed E-state index contributed by atoms with van der Waals surface area (Å²) in [6, 6.07) is 9.77. The fraction of sp³-hybridized carbons (Fsp3) is 0.684. The quantitative estimate of drug-likeness (QED) is 0.736. The molecule has 2 unspecified atom stereocenters. The monoisotopic (exact) mass is 305 g/mol. The standard InChI is InChI=1S/C19H31NS/c1-4-20-18(14-21-13-15(2)3)12-17-10-7-9-16-8-5-6-11-19(16)17/h5-6,8,11,15,17-18,20H,4,7,9-10,12-14H2,1-3H3. The van der Waals surface area contributed by atoms with Crippen LogP contribution in [0.1, 0.15) is 57.1 Å². The van der Waals surface area contributed by atoms with Crippen LogP contribution in [0.2, 0.25) is 0 Å². The lowest BCUT2D eigenvalue weighted by atomic mass is 9.80. The van der Waals surface area contributed by atoms with Gasteiger partial charge in [-0.3, -0.25) is 0 Å². The Morgan fingerprint density at radius 3 is 2.81 bits per heavy atom. The first kappa shape index (κ1) is 16.9. The predicted molar refractivity (Wildman–Crippen MR) is 96.4 cm³/mol. The van der Waals surface area contributed by atoms with E-state index in [4.69, 9.17) is 0 Å². The van der Waals surface area contributed by atoms with Gasteiger partial charge < -0.3 is 5.32 Å². The Morgan fingerprint density at radius 2 is 2.05 bits per heavy atom. The smallest absolute Gasteiger partial charge is 0.0163 e. The van der Waals surface area contributed by atoms with Crippen molar-refractivity contribution in [2.75, 3.05) is 18.1 Å². The zero-order valence-corrected chi connectivity index (χ0v) is 14.7. The van der Waals surface area contributed by atoms with Crippen molar-refractivity contribution in [3.8, 4) is 0 Å². The summed E-state index contributed by atoms with van der Waals surface area (Å²) in [6.45, 7) is 7.94. The van der Waals surface area contributed by atoms with Crippen molar-refractivity contribution in [3.63, 3.8) is 0 Å². The maximum absolute atomic E-state index is 3.71. The van der Waals surface area contributed by atoms with Gasteiger partial charge in [0, 0.05) is 11.8 Å². The van der Waals surface area contributed by atoms with E-state index in [1.165, 1.54) is 37.2 Å². The minimum Gasteiger partial charge on any atom is -0.313 e. The maximum Gasteiger partial charge on any atom is 0.0163 e. The fourth-order valence-corrected chi connectivity index (χ4v) is 4.53. The van der Waals surface area contributed by atoms with Crippen LogP contribution in [-0.2, 0) is 6.42 Å². The molecular weight excluding hydrogens is 274 g/mol. The van der Waals surface area contributed by atoms with Crippen LogP contribution in [0.4, 0.5) is 0 Å². The van der Waals surface area contributed by atoms with E-state index in [1.54, 1.807) is 11.1 Å². The van der Waals surface area contributed by atoms with Crippen molar-refractivity contribution < 1.29 is 0 Å². The van der Waals surface area contributed by atoms with E-state index in [-0.39, 0.29) is 0 Å². The molecule has 0 fully saturated rings. The molecular formula is C19H31NS. The highest BCUT2D eigenvalue weighted by atomic mass is 32.2. The molecule has 0 spiro atoms. The lowest BCUT2D eigenvalue weighted by Gasteiger charge is -2.29. The average molecular weight is 306 g/mol. The van der Waals surface area contributed by atoms with Gasteiger partial charge in [-0.15, -0.1) is 0 Å². The van der Waals surface area contributed by atoms with Crippen LogP contribution in [0.25, 0.3) is 0 Å². The molecule has 0 bridgehead atoms. The second-order valence-electron chi connectivity index (χ2n) is 6.71. The predicted octanol–water partition coefficient (Wildman–Crippen LogP) is 4.86. The summed E-state index contributed by atoms with van der Waals surface area (Å²) in [4.78, 5) is 0. The summed E-state index contributed by atoms with van der Waals surface area (Å²) in [5, 5.41) is 3.71. The number of fused-ring (bicyclic) bond motifs is 1. The molecule has 1 aliphatic carbocycles. The number of hydrogen-bond donors (Lipinski definition) is 1. The Morgan fingerprint density at radius 1 is 1.24 bits per heavy atom. The van der Waals surface area contributed by atoms with Crippen LogP contribution in [0.3, 0.4) is 0 Å². The van der Waals surface area contributed by atoms with Gasteiger partial charge in [-0.05, 0) is 60.9 Å². The fourth-order valence-electron chi connectivity index (χ4n) is 3.39. The van der Waals surface area contributed by atoms with Gasteiger partial charge in [0.05, 0.1) is 0 Å². The van der Waals surface area contributed by atoms with E-state index in [1.807, 2.05) is 0 Å². The third-order valence-electron chi connectivity index (χ3n) is 4.33. The van der Waals surface area contributed by atoms with Crippen LogP contribution < -0.4 is 5.32 Å². The first-order valence-corrected chi connectivity index (χ1v) is 9.75. The molecule has 2 rings (SSSR count). The molecule has 2 heteroatoms. The van der Waals surface area contributed by atoms with E-state index < -0.39 is 0 Å². The molecule has 0 amide bonds. The van der Waals surface area contributed by atoms with Crippen molar-refractivity contribution in [3.05, 3.63) is 35.4 Å². The second kappa shape index (κ2) is 8.85. The third kappa shape index (κ3) is 5.34. The minimum absolute atomic E-state index is 0.662. The van der Waals surface area contributed by atoms with Crippen molar-refractivity contribution in [2.24, 2.45) is 5.92 Å². The Hall–Kier alpha value is -0.470. The summed E-state index contributed by atoms with van der Waals surface area (Å²) in [6.07, 6.45) is 5.31. The molecule has 0 saturated heterocycles. The summed E-state index contributed by atoms with van der Waals surface area (Å²) in [7, 11) is 0. The number of nitrogens with one attached hydrogen (secondary N) is 1. The average Bonchev–Trinajstić information content (AvgIpc) is 2.47. The highest BCUT2D eigenvalue weighted by Crippen LogP contribution is 2.35.